The normalized spacial score (nSPS) is 11.0. The highest BCUT2D eigenvalue weighted by atomic mass is 35.5. The standard InChI is InChI=1S/C22H20ClN3O3/c1-14-5-9-16(10-6-14)22(29,17-11-7-15(2)8-12-17)21(28)26-25-20(27)18-4-3-13-24-19(18)23/h3-13,29H,1-2H3,(H,25,27)(H,26,28). The lowest BCUT2D eigenvalue weighted by Gasteiger charge is -2.28. The van der Waals surface area contributed by atoms with Crippen molar-refractivity contribution in [2.45, 2.75) is 19.4 Å². The van der Waals surface area contributed by atoms with Crippen molar-refractivity contribution in [1.29, 1.82) is 0 Å². The first kappa shape index (κ1) is 20.5. The molecule has 0 saturated carbocycles. The minimum Gasteiger partial charge on any atom is -0.372 e. The number of hydrazine groups is 1. The molecule has 2 amide bonds. The van der Waals surface area contributed by atoms with Gasteiger partial charge in [-0.25, -0.2) is 4.98 Å². The van der Waals surface area contributed by atoms with E-state index in [-0.39, 0.29) is 10.7 Å². The highest BCUT2D eigenvalue weighted by Gasteiger charge is 2.40. The molecule has 3 aromatic rings. The van der Waals surface area contributed by atoms with Crippen molar-refractivity contribution in [2.75, 3.05) is 0 Å². The first-order chi connectivity index (χ1) is 13.8. The second-order valence-corrected chi connectivity index (χ2v) is 7.05. The van der Waals surface area contributed by atoms with Gasteiger partial charge in [0.25, 0.3) is 11.8 Å². The van der Waals surface area contributed by atoms with Gasteiger partial charge in [-0.2, -0.15) is 0 Å². The zero-order valence-electron chi connectivity index (χ0n) is 15.9. The number of pyridine rings is 1. The van der Waals surface area contributed by atoms with Crippen molar-refractivity contribution >= 4 is 23.4 Å². The number of rotatable bonds is 4. The SMILES string of the molecule is Cc1ccc(C(O)(C(=O)NNC(=O)c2cccnc2Cl)c2ccc(C)cc2)cc1. The van der Waals surface area contributed by atoms with Gasteiger partial charge >= 0.3 is 0 Å². The summed E-state index contributed by atoms with van der Waals surface area (Å²) in [7, 11) is 0. The summed E-state index contributed by atoms with van der Waals surface area (Å²) < 4.78 is 0. The molecule has 0 aliphatic carbocycles. The van der Waals surface area contributed by atoms with Crippen LogP contribution >= 0.6 is 11.6 Å². The lowest BCUT2D eigenvalue weighted by atomic mass is 9.85. The molecule has 0 saturated heterocycles. The average molecular weight is 410 g/mol. The molecular formula is C22H20ClN3O3. The highest BCUT2D eigenvalue weighted by Crippen LogP contribution is 2.30. The molecule has 3 rings (SSSR count). The van der Waals surface area contributed by atoms with Crippen molar-refractivity contribution in [3.8, 4) is 0 Å². The van der Waals surface area contributed by atoms with Crippen LogP contribution in [0, 0.1) is 13.8 Å². The molecule has 2 aromatic carbocycles. The van der Waals surface area contributed by atoms with Crippen LogP contribution in [0.4, 0.5) is 0 Å². The number of aromatic nitrogens is 1. The van der Waals surface area contributed by atoms with Crippen LogP contribution in [0.15, 0.2) is 66.9 Å². The number of nitrogens with zero attached hydrogens (tertiary/aromatic N) is 1. The van der Waals surface area contributed by atoms with Crippen molar-refractivity contribution in [1.82, 2.24) is 15.8 Å². The minimum atomic E-state index is -2.01. The van der Waals surface area contributed by atoms with Gasteiger partial charge in [0.15, 0.2) is 5.60 Å². The third-order valence-corrected chi connectivity index (χ3v) is 4.86. The van der Waals surface area contributed by atoms with Crippen LogP contribution in [0.25, 0.3) is 0 Å². The van der Waals surface area contributed by atoms with Gasteiger partial charge in [-0.15, -0.1) is 0 Å². The third kappa shape index (κ3) is 4.29. The smallest absolute Gasteiger partial charge is 0.279 e. The molecule has 7 heteroatoms. The number of halogens is 1. The fourth-order valence-corrected chi connectivity index (χ4v) is 3.05. The Labute approximate surface area is 173 Å². The molecule has 3 N–H and O–H groups in total. The van der Waals surface area contributed by atoms with Crippen molar-refractivity contribution < 1.29 is 14.7 Å². The summed E-state index contributed by atoms with van der Waals surface area (Å²) in [5.41, 5.74) is 5.40. The summed E-state index contributed by atoms with van der Waals surface area (Å²) in [6, 6.07) is 16.9. The van der Waals surface area contributed by atoms with E-state index in [0.717, 1.165) is 11.1 Å². The zero-order valence-corrected chi connectivity index (χ0v) is 16.7. The Bertz CT molecular complexity index is 988. The molecule has 0 spiro atoms. The molecule has 6 nitrogen and oxygen atoms in total. The molecule has 0 fully saturated rings. The number of nitrogens with one attached hydrogen (secondary N) is 2. The Morgan fingerprint density at radius 3 is 1.90 bits per heavy atom. The Morgan fingerprint density at radius 2 is 1.41 bits per heavy atom. The average Bonchev–Trinajstić information content (AvgIpc) is 2.72. The summed E-state index contributed by atoms with van der Waals surface area (Å²) in [5, 5.41) is 11.4. The maximum absolute atomic E-state index is 13.0. The summed E-state index contributed by atoms with van der Waals surface area (Å²) in [5.74, 6) is -1.45. The summed E-state index contributed by atoms with van der Waals surface area (Å²) in [6.45, 7) is 3.82. The fourth-order valence-electron chi connectivity index (χ4n) is 2.85. The van der Waals surface area contributed by atoms with Crippen LogP contribution in [-0.2, 0) is 10.4 Å². The van der Waals surface area contributed by atoms with Gasteiger partial charge in [-0.05, 0) is 37.1 Å². The molecule has 0 aliphatic rings. The van der Waals surface area contributed by atoms with Gasteiger partial charge in [-0.3, -0.25) is 20.4 Å². The zero-order chi connectivity index (χ0) is 21.0. The largest absolute Gasteiger partial charge is 0.372 e. The van der Waals surface area contributed by atoms with Crippen molar-refractivity contribution in [3.63, 3.8) is 0 Å². The number of carbonyl (C=O) groups excluding carboxylic acids is 2. The fraction of sp³-hybridized carbons (Fsp3) is 0.136. The first-order valence-electron chi connectivity index (χ1n) is 8.90. The summed E-state index contributed by atoms with van der Waals surface area (Å²) in [4.78, 5) is 29.2. The number of hydrogen-bond acceptors (Lipinski definition) is 4. The molecule has 0 bridgehead atoms. The van der Waals surface area contributed by atoms with Crippen molar-refractivity contribution in [3.05, 3.63) is 99.8 Å². The lowest BCUT2D eigenvalue weighted by Crippen LogP contribution is -2.52. The van der Waals surface area contributed by atoms with Crippen LogP contribution in [-0.4, -0.2) is 21.9 Å². The van der Waals surface area contributed by atoms with Gasteiger partial charge in [-0.1, -0.05) is 71.3 Å². The van der Waals surface area contributed by atoms with Crippen LogP contribution < -0.4 is 10.9 Å². The summed E-state index contributed by atoms with van der Waals surface area (Å²) >= 11 is 5.91. The van der Waals surface area contributed by atoms with Crippen molar-refractivity contribution in [2.24, 2.45) is 0 Å². The Balaban J connectivity index is 1.90. The van der Waals surface area contributed by atoms with E-state index in [9.17, 15) is 14.7 Å². The molecule has 148 valence electrons. The number of amides is 2. The molecule has 0 aliphatic heterocycles. The quantitative estimate of drug-likeness (QED) is 0.456. The summed E-state index contributed by atoms with van der Waals surface area (Å²) in [6.07, 6.45) is 1.45. The minimum absolute atomic E-state index is 0.00609. The van der Waals surface area contributed by atoms with Crippen LogP contribution in [0.1, 0.15) is 32.6 Å². The predicted molar refractivity (Wildman–Crippen MR) is 110 cm³/mol. The van der Waals surface area contributed by atoms with E-state index in [1.54, 1.807) is 54.6 Å². The maximum atomic E-state index is 13.0. The van der Waals surface area contributed by atoms with E-state index < -0.39 is 17.4 Å². The Hall–Kier alpha value is -3.22. The number of carbonyl (C=O) groups is 2. The Morgan fingerprint density at radius 1 is 0.897 bits per heavy atom. The van der Waals surface area contributed by atoms with E-state index in [1.807, 2.05) is 13.8 Å². The lowest BCUT2D eigenvalue weighted by molar-refractivity contribution is -0.137. The molecule has 0 atom stereocenters. The number of hydrogen-bond donors (Lipinski definition) is 3. The molecule has 1 heterocycles. The van der Waals surface area contributed by atoms with E-state index >= 15 is 0 Å². The number of aryl methyl sites for hydroxylation is 2. The van der Waals surface area contributed by atoms with Gasteiger partial charge in [0.1, 0.15) is 5.15 Å². The molecule has 0 unspecified atom stereocenters. The van der Waals surface area contributed by atoms with E-state index in [2.05, 4.69) is 15.8 Å². The third-order valence-electron chi connectivity index (χ3n) is 4.56. The monoisotopic (exact) mass is 409 g/mol. The van der Waals surface area contributed by atoms with Crippen LogP contribution in [0.5, 0.6) is 0 Å². The van der Waals surface area contributed by atoms with Crippen LogP contribution in [0.2, 0.25) is 5.15 Å². The van der Waals surface area contributed by atoms with E-state index in [0.29, 0.717) is 11.1 Å². The molecule has 29 heavy (non-hydrogen) atoms. The predicted octanol–water partition coefficient (Wildman–Crippen LogP) is 3.05. The molecule has 0 radical (unpaired) electrons. The molecule has 1 aromatic heterocycles. The van der Waals surface area contributed by atoms with E-state index in [1.165, 1.54) is 12.3 Å². The van der Waals surface area contributed by atoms with Gasteiger partial charge in [0.05, 0.1) is 5.56 Å². The highest BCUT2D eigenvalue weighted by molar-refractivity contribution is 6.32. The van der Waals surface area contributed by atoms with Gasteiger partial charge in [0.2, 0.25) is 0 Å². The topological polar surface area (TPSA) is 91.3 Å². The first-order valence-corrected chi connectivity index (χ1v) is 9.28. The molecular weight excluding hydrogens is 390 g/mol. The van der Waals surface area contributed by atoms with Gasteiger partial charge in [0, 0.05) is 6.20 Å². The second-order valence-electron chi connectivity index (χ2n) is 6.69. The van der Waals surface area contributed by atoms with E-state index in [4.69, 9.17) is 11.6 Å². The second kappa shape index (κ2) is 8.43. The van der Waals surface area contributed by atoms with Gasteiger partial charge < -0.3 is 5.11 Å². The Kier molecular flexibility index (Phi) is 5.96. The number of benzene rings is 2. The maximum Gasteiger partial charge on any atom is 0.279 e. The number of aliphatic hydroxyl groups is 1. The van der Waals surface area contributed by atoms with Crippen LogP contribution in [0.3, 0.4) is 0 Å².